The highest BCUT2D eigenvalue weighted by molar-refractivity contribution is 7.80. The average molecular weight is 440 g/mol. The first-order valence-corrected chi connectivity index (χ1v) is 13.3. The first kappa shape index (κ1) is 31.0. The second kappa shape index (κ2) is 24.1. The van der Waals surface area contributed by atoms with Crippen LogP contribution in [0.15, 0.2) is 0 Å². The highest BCUT2D eigenvalue weighted by Crippen LogP contribution is 2.13. The van der Waals surface area contributed by atoms with Gasteiger partial charge in [0.05, 0.1) is 6.61 Å². The van der Waals surface area contributed by atoms with E-state index >= 15 is 0 Å². The van der Waals surface area contributed by atoms with Crippen LogP contribution in [0.5, 0.6) is 0 Å². The van der Waals surface area contributed by atoms with Crippen LogP contribution in [0.1, 0.15) is 124 Å². The summed E-state index contributed by atoms with van der Waals surface area (Å²) >= 11 is 0. The maximum absolute atomic E-state index is 9.56. The monoisotopic (exact) mass is 439 g/mol. The van der Waals surface area contributed by atoms with Crippen LogP contribution in [0.25, 0.3) is 0 Å². The molecule has 0 spiro atoms. The Labute approximate surface area is 181 Å². The van der Waals surface area contributed by atoms with Gasteiger partial charge in [-0.1, -0.05) is 110 Å². The van der Waals surface area contributed by atoms with Crippen molar-refractivity contribution in [2.75, 3.05) is 19.7 Å². The quantitative estimate of drug-likeness (QED) is 0.123. The first-order valence-electron chi connectivity index (χ1n) is 11.9. The number of hydrogen-bond acceptors (Lipinski definition) is 5. The third kappa shape index (κ3) is 32.7. The van der Waals surface area contributed by atoms with Crippen LogP contribution >= 0.6 is 0 Å². The standard InChI is InChI=1S/C20H43NO.C2H6O4S/c1-3-5-6-7-8-9-10-11-12-13-14-15-16-17-18-19-20-21(22)4-2;1-2-6-7(3,4)5/h22H,3-20H2,1-2H3;2H2,1H3,(H,3,4,5). The third-order valence-corrected chi connectivity index (χ3v) is 5.44. The van der Waals surface area contributed by atoms with Gasteiger partial charge in [-0.3, -0.25) is 4.55 Å². The molecule has 0 aromatic rings. The molecule has 0 radical (unpaired) electrons. The fourth-order valence-corrected chi connectivity index (χ4v) is 3.45. The molecule has 0 saturated carbocycles. The highest BCUT2D eigenvalue weighted by Gasteiger charge is 1.98. The summed E-state index contributed by atoms with van der Waals surface area (Å²) in [5, 5.41) is 10.7. The summed E-state index contributed by atoms with van der Waals surface area (Å²) in [6.07, 6.45) is 22.4. The van der Waals surface area contributed by atoms with Crippen LogP contribution in [-0.4, -0.2) is 42.9 Å². The Morgan fingerprint density at radius 3 is 1.24 bits per heavy atom. The van der Waals surface area contributed by atoms with Gasteiger partial charge < -0.3 is 5.21 Å². The van der Waals surface area contributed by atoms with Crippen molar-refractivity contribution < 1.29 is 22.4 Å². The molecule has 0 fully saturated rings. The molecule has 0 heterocycles. The first-order chi connectivity index (χ1) is 13.9. The largest absolute Gasteiger partial charge is 0.397 e. The van der Waals surface area contributed by atoms with Crippen LogP contribution in [0.2, 0.25) is 0 Å². The summed E-state index contributed by atoms with van der Waals surface area (Å²) in [6.45, 7) is 7.31. The number of rotatable bonds is 20. The predicted molar refractivity (Wildman–Crippen MR) is 122 cm³/mol. The zero-order valence-corrected chi connectivity index (χ0v) is 20.2. The molecule has 29 heavy (non-hydrogen) atoms. The van der Waals surface area contributed by atoms with Crippen molar-refractivity contribution in [2.45, 2.75) is 124 Å². The van der Waals surface area contributed by atoms with Crippen molar-refractivity contribution in [3.05, 3.63) is 0 Å². The number of unbranched alkanes of at least 4 members (excludes halogenated alkanes) is 15. The molecule has 0 amide bonds. The molecule has 0 unspecified atom stereocenters. The van der Waals surface area contributed by atoms with E-state index in [4.69, 9.17) is 4.55 Å². The minimum atomic E-state index is -4.17. The summed E-state index contributed by atoms with van der Waals surface area (Å²) in [6, 6.07) is 0. The van der Waals surface area contributed by atoms with E-state index in [1.54, 1.807) is 0 Å². The average Bonchev–Trinajstić information content (AvgIpc) is 2.67. The number of nitrogens with zero attached hydrogens (tertiary/aromatic N) is 1. The van der Waals surface area contributed by atoms with Crippen molar-refractivity contribution in [1.29, 1.82) is 0 Å². The lowest BCUT2D eigenvalue weighted by atomic mass is 10.0. The molecule has 0 aromatic carbocycles. The summed E-state index contributed by atoms with van der Waals surface area (Å²) < 4.78 is 30.7. The van der Waals surface area contributed by atoms with E-state index in [0.29, 0.717) is 0 Å². The molecule has 0 aliphatic heterocycles. The van der Waals surface area contributed by atoms with E-state index in [9.17, 15) is 13.6 Å². The predicted octanol–water partition coefficient (Wildman–Crippen LogP) is 6.78. The van der Waals surface area contributed by atoms with Gasteiger partial charge in [-0.25, -0.2) is 4.18 Å². The molecule has 0 aliphatic rings. The Hall–Kier alpha value is -0.210. The van der Waals surface area contributed by atoms with Crippen molar-refractivity contribution in [1.82, 2.24) is 5.06 Å². The lowest BCUT2D eigenvalue weighted by Gasteiger charge is -2.10. The number of hydroxylamine groups is 2. The molecule has 0 bridgehead atoms. The Morgan fingerprint density at radius 1 is 0.655 bits per heavy atom. The Morgan fingerprint density at radius 2 is 1.00 bits per heavy atom. The van der Waals surface area contributed by atoms with Crippen molar-refractivity contribution in [2.24, 2.45) is 0 Å². The van der Waals surface area contributed by atoms with Crippen molar-refractivity contribution in [3.8, 4) is 0 Å². The van der Waals surface area contributed by atoms with Crippen LogP contribution < -0.4 is 0 Å². The van der Waals surface area contributed by atoms with Crippen molar-refractivity contribution in [3.63, 3.8) is 0 Å². The topological polar surface area (TPSA) is 87.1 Å². The van der Waals surface area contributed by atoms with Crippen LogP contribution in [0.3, 0.4) is 0 Å². The van der Waals surface area contributed by atoms with E-state index in [-0.39, 0.29) is 6.61 Å². The van der Waals surface area contributed by atoms with Gasteiger partial charge in [-0.2, -0.15) is 13.5 Å². The molecule has 6 nitrogen and oxygen atoms in total. The molecule has 0 saturated heterocycles. The van der Waals surface area contributed by atoms with Crippen LogP contribution in [0, 0.1) is 0 Å². The zero-order valence-electron chi connectivity index (χ0n) is 19.4. The van der Waals surface area contributed by atoms with Gasteiger partial charge in [0.15, 0.2) is 0 Å². The van der Waals surface area contributed by atoms with E-state index in [0.717, 1.165) is 19.5 Å². The van der Waals surface area contributed by atoms with Gasteiger partial charge in [0.2, 0.25) is 0 Å². The van der Waals surface area contributed by atoms with Gasteiger partial charge in [-0.15, -0.1) is 0 Å². The molecule has 0 rings (SSSR count). The van der Waals surface area contributed by atoms with E-state index in [1.165, 1.54) is 108 Å². The lowest BCUT2D eigenvalue weighted by Crippen LogP contribution is -2.19. The van der Waals surface area contributed by atoms with Crippen LogP contribution in [0.4, 0.5) is 0 Å². The van der Waals surface area contributed by atoms with Crippen LogP contribution in [-0.2, 0) is 14.6 Å². The fraction of sp³-hybridized carbons (Fsp3) is 1.00. The molecule has 2 N–H and O–H groups in total. The summed E-state index contributed by atoms with van der Waals surface area (Å²) in [7, 11) is -4.17. The van der Waals surface area contributed by atoms with E-state index < -0.39 is 10.4 Å². The van der Waals surface area contributed by atoms with Gasteiger partial charge in [0, 0.05) is 13.1 Å². The summed E-state index contributed by atoms with van der Waals surface area (Å²) in [4.78, 5) is 0. The molecular weight excluding hydrogens is 390 g/mol. The van der Waals surface area contributed by atoms with E-state index in [1.807, 2.05) is 6.92 Å². The SMILES string of the molecule is CCCCCCCCCCCCCCCCCCN(O)CC.CCOS(=O)(=O)O. The molecule has 7 heteroatoms. The maximum atomic E-state index is 9.56. The molecule has 0 aliphatic carbocycles. The summed E-state index contributed by atoms with van der Waals surface area (Å²) in [5.74, 6) is 0. The van der Waals surface area contributed by atoms with Gasteiger partial charge in [0.25, 0.3) is 0 Å². The second-order valence-corrected chi connectivity index (χ2v) is 8.78. The minimum Gasteiger partial charge on any atom is -0.314 e. The summed E-state index contributed by atoms with van der Waals surface area (Å²) in [5.41, 5.74) is 0. The van der Waals surface area contributed by atoms with Gasteiger partial charge >= 0.3 is 10.4 Å². The maximum Gasteiger partial charge on any atom is 0.397 e. The normalized spacial score (nSPS) is 11.5. The van der Waals surface area contributed by atoms with Gasteiger partial charge in [0.1, 0.15) is 0 Å². The molecule has 178 valence electrons. The smallest absolute Gasteiger partial charge is 0.314 e. The molecule has 0 aromatic heterocycles. The third-order valence-electron chi connectivity index (χ3n) is 4.90. The minimum absolute atomic E-state index is 0.0289. The zero-order chi connectivity index (χ0) is 22.2. The number of hydrogen-bond donors (Lipinski definition) is 2. The Bertz CT molecular complexity index is 404. The Balaban J connectivity index is 0. The molecule has 0 atom stereocenters. The second-order valence-electron chi connectivity index (χ2n) is 7.68. The van der Waals surface area contributed by atoms with Gasteiger partial charge in [-0.05, 0) is 13.3 Å². The fourth-order valence-electron chi connectivity index (χ4n) is 3.15. The highest BCUT2D eigenvalue weighted by atomic mass is 32.3. The Kier molecular flexibility index (Phi) is 25.7. The molecular formula is C22H49NO5S. The van der Waals surface area contributed by atoms with E-state index in [2.05, 4.69) is 11.1 Å². The lowest BCUT2D eigenvalue weighted by molar-refractivity contribution is -0.0869. The van der Waals surface area contributed by atoms with Crippen molar-refractivity contribution >= 4 is 10.4 Å².